The molecule has 0 aliphatic rings. The Bertz CT molecular complexity index is 1050. The molecule has 5 heteroatoms. The molecule has 0 saturated carbocycles. The van der Waals surface area contributed by atoms with E-state index in [1.807, 2.05) is 60.7 Å². The molecule has 0 aliphatic heterocycles. The zero-order chi connectivity index (χ0) is 22.6. The van der Waals surface area contributed by atoms with Crippen molar-refractivity contribution >= 4 is 17.6 Å². The molecule has 0 aromatic heterocycles. The highest BCUT2D eigenvalue weighted by atomic mass is 16.5. The van der Waals surface area contributed by atoms with E-state index in [1.165, 1.54) is 10.5 Å². The van der Waals surface area contributed by atoms with Gasteiger partial charge in [0.1, 0.15) is 5.75 Å². The number of carboxylic acids is 1. The highest BCUT2D eigenvalue weighted by Gasteiger charge is 2.23. The normalized spacial score (nSPS) is 11.1. The fourth-order valence-electron chi connectivity index (χ4n) is 3.31. The molecule has 1 amide bonds. The maximum Gasteiger partial charge on any atom is 0.394 e. The van der Waals surface area contributed by atoms with Crippen molar-refractivity contribution < 1.29 is 19.4 Å². The van der Waals surface area contributed by atoms with E-state index in [9.17, 15) is 14.7 Å². The number of hydrogen-bond acceptors (Lipinski definition) is 3. The lowest BCUT2D eigenvalue weighted by Crippen LogP contribution is -2.36. The summed E-state index contributed by atoms with van der Waals surface area (Å²) in [5, 5.41) is 9.32. The fraction of sp³-hybridized carbons (Fsp3) is 0.231. The van der Waals surface area contributed by atoms with E-state index in [0.29, 0.717) is 5.69 Å². The van der Waals surface area contributed by atoms with E-state index in [2.05, 4.69) is 20.8 Å². The molecular weight excluding hydrogens is 390 g/mol. The van der Waals surface area contributed by atoms with Crippen molar-refractivity contribution in [3.8, 4) is 16.9 Å². The van der Waals surface area contributed by atoms with Gasteiger partial charge in [0, 0.05) is 5.69 Å². The summed E-state index contributed by atoms with van der Waals surface area (Å²) in [4.78, 5) is 25.1. The number of aliphatic carboxylic acids is 1. The van der Waals surface area contributed by atoms with E-state index < -0.39 is 11.9 Å². The summed E-state index contributed by atoms with van der Waals surface area (Å²) in [6.45, 7) is 6.57. The topological polar surface area (TPSA) is 66.8 Å². The van der Waals surface area contributed by atoms with Crippen LogP contribution >= 0.6 is 0 Å². The van der Waals surface area contributed by atoms with Gasteiger partial charge in [-0.3, -0.25) is 9.69 Å². The second-order valence-electron chi connectivity index (χ2n) is 8.42. The molecule has 0 heterocycles. The van der Waals surface area contributed by atoms with E-state index in [4.69, 9.17) is 4.74 Å². The quantitative estimate of drug-likeness (QED) is 0.574. The van der Waals surface area contributed by atoms with Crippen LogP contribution in [0.5, 0.6) is 5.75 Å². The average molecular weight is 418 g/mol. The van der Waals surface area contributed by atoms with Gasteiger partial charge < -0.3 is 9.84 Å². The molecule has 0 aliphatic carbocycles. The first-order valence-electron chi connectivity index (χ1n) is 10.1. The zero-order valence-electron chi connectivity index (χ0n) is 18.3. The van der Waals surface area contributed by atoms with Crippen molar-refractivity contribution in [3.05, 3.63) is 83.9 Å². The monoisotopic (exact) mass is 417 g/mol. The number of rotatable bonds is 5. The molecule has 1 N–H and O–H groups in total. The third-order valence-electron chi connectivity index (χ3n) is 5.19. The van der Waals surface area contributed by atoms with Crippen LogP contribution in [0.1, 0.15) is 31.9 Å². The van der Waals surface area contributed by atoms with Crippen molar-refractivity contribution in [1.82, 2.24) is 0 Å². The van der Waals surface area contributed by atoms with Crippen LogP contribution in [0.25, 0.3) is 11.1 Å². The molecule has 5 nitrogen and oxygen atoms in total. The predicted molar refractivity (Wildman–Crippen MR) is 122 cm³/mol. The highest BCUT2D eigenvalue weighted by Crippen LogP contribution is 2.27. The predicted octanol–water partition coefficient (Wildman–Crippen LogP) is 5.28. The Kier molecular flexibility index (Phi) is 6.44. The lowest BCUT2D eigenvalue weighted by atomic mass is 9.87. The summed E-state index contributed by atoms with van der Waals surface area (Å²) in [6.07, 6.45) is 0. The van der Waals surface area contributed by atoms with Crippen LogP contribution in [0.2, 0.25) is 0 Å². The van der Waals surface area contributed by atoms with Gasteiger partial charge in [0.15, 0.2) is 0 Å². The van der Waals surface area contributed by atoms with E-state index in [-0.39, 0.29) is 12.0 Å². The third-order valence-corrected chi connectivity index (χ3v) is 5.19. The van der Waals surface area contributed by atoms with Crippen LogP contribution in [0.15, 0.2) is 72.8 Å². The van der Waals surface area contributed by atoms with Crippen molar-refractivity contribution in [1.29, 1.82) is 0 Å². The molecule has 31 heavy (non-hydrogen) atoms. The van der Waals surface area contributed by atoms with Crippen LogP contribution in [-0.2, 0) is 21.5 Å². The first-order valence-corrected chi connectivity index (χ1v) is 10.1. The van der Waals surface area contributed by atoms with Crippen LogP contribution < -0.4 is 9.64 Å². The third kappa shape index (κ3) is 5.31. The summed E-state index contributed by atoms with van der Waals surface area (Å²) >= 11 is 0. The van der Waals surface area contributed by atoms with Crippen LogP contribution in [-0.4, -0.2) is 24.1 Å². The second kappa shape index (κ2) is 9.04. The highest BCUT2D eigenvalue weighted by molar-refractivity contribution is 6.37. The number of nitrogens with zero attached hydrogens (tertiary/aromatic N) is 1. The van der Waals surface area contributed by atoms with Crippen molar-refractivity contribution in [3.63, 3.8) is 0 Å². The Morgan fingerprint density at radius 2 is 1.35 bits per heavy atom. The van der Waals surface area contributed by atoms with Gasteiger partial charge in [0.25, 0.3) is 0 Å². The lowest BCUT2D eigenvalue weighted by molar-refractivity contribution is -0.148. The van der Waals surface area contributed by atoms with Crippen LogP contribution in [0.3, 0.4) is 0 Å². The summed E-state index contributed by atoms with van der Waals surface area (Å²) in [6, 6.07) is 22.9. The number of ether oxygens (including phenoxy) is 1. The van der Waals surface area contributed by atoms with Gasteiger partial charge in [-0.05, 0) is 51.9 Å². The summed E-state index contributed by atoms with van der Waals surface area (Å²) in [5.74, 6) is -1.67. The first-order chi connectivity index (χ1) is 14.7. The Labute approximate surface area is 182 Å². The SMILES string of the molecule is COc1ccc(-c2ccc(N(Cc3ccc(C(C)(C)C)cc3)C(=O)C(=O)O)cc2)cc1. The van der Waals surface area contributed by atoms with Gasteiger partial charge in [-0.25, -0.2) is 4.79 Å². The van der Waals surface area contributed by atoms with Crippen LogP contribution in [0, 0.1) is 0 Å². The summed E-state index contributed by atoms with van der Waals surface area (Å²) < 4.78 is 5.19. The minimum atomic E-state index is -1.48. The van der Waals surface area contributed by atoms with E-state index >= 15 is 0 Å². The molecule has 3 aromatic rings. The summed E-state index contributed by atoms with van der Waals surface area (Å²) in [5.41, 5.74) is 4.55. The molecule has 0 saturated heterocycles. The van der Waals surface area contributed by atoms with Crippen molar-refractivity contribution in [2.24, 2.45) is 0 Å². The Morgan fingerprint density at radius 3 is 1.81 bits per heavy atom. The minimum absolute atomic E-state index is 0.0202. The summed E-state index contributed by atoms with van der Waals surface area (Å²) in [7, 11) is 1.62. The standard InChI is InChI=1S/C26H27NO4/c1-26(2,3)21-11-5-18(6-12-21)17-27(24(28)25(29)30)22-13-7-19(8-14-22)20-9-15-23(31-4)16-10-20/h5-16H,17H2,1-4H3,(H,29,30). The minimum Gasteiger partial charge on any atom is -0.497 e. The number of carbonyl (C=O) groups excluding carboxylic acids is 1. The molecule has 0 unspecified atom stereocenters. The van der Waals surface area contributed by atoms with Gasteiger partial charge in [-0.15, -0.1) is 0 Å². The molecule has 3 aromatic carbocycles. The number of benzene rings is 3. The molecule has 0 spiro atoms. The van der Waals surface area contributed by atoms with Crippen molar-refractivity contribution in [2.75, 3.05) is 12.0 Å². The smallest absolute Gasteiger partial charge is 0.394 e. The first kappa shape index (κ1) is 22.1. The Hall–Kier alpha value is -3.60. The number of amides is 1. The maximum atomic E-state index is 12.4. The van der Waals surface area contributed by atoms with Crippen LogP contribution in [0.4, 0.5) is 5.69 Å². The number of carboxylic acid groups (broad SMARTS) is 1. The molecule has 0 fully saturated rings. The molecule has 0 atom stereocenters. The maximum absolute atomic E-state index is 12.4. The second-order valence-corrected chi connectivity index (χ2v) is 8.42. The fourth-order valence-corrected chi connectivity index (χ4v) is 3.31. The van der Waals surface area contributed by atoms with Gasteiger partial charge in [-0.2, -0.15) is 0 Å². The molecule has 160 valence electrons. The van der Waals surface area contributed by atoms with Gasteiger partial charge >= 0.3 is 11.9 Å². The van der Waals surface area contributed by atoms with Crippen molar-refractivity contribution in [2.45, 2.75) is 32.7 Å². The number of hydrogen-bond donors (Lipinski definition) is 1. The number of methoxy groups -OCH3 is 1. The van der Waals surface area contributed by atoms with Gasteiger partial charge in [0.05, 0.1) is 13.7 Å². The number of anilines is 1. The Morgan fingerprint density at radius 1 is 0.839 bits per heavy atom. The Balaban J connectivity index is 1.86. The zero-order valence-corrected chi connectivity index (χ0v) is 18.3. The molecule has 0 bridgehead atoms. The molecular formula is C26H27NO4. The lowest BCUT2D eigenvalue weighted by Gasteiger charge is -2.23. The van der Waals surface area contributed by atoms with E-state index in [1.54, 1.807) is 19.2 Å². The van der Waals surface area contributed by atoms with E-state index in [0.717, 1.165) is 22.4 Å². The van der Waals surface area contributed by atoms with Gasteiger partial charge in [0.2, 0.25) is 0 Å². The number of carbonyl (C=O) groups is 2. The largest absolute Gasteiger partial charge is 0.497 e. The molecule has 3 rings (SSSR count). The average Bonchev–Trinajstić information content (AvgIpc) is 2.77. The molecule has 0 radical (unpaired) electrons. The van der Waals surface area contributed by atoms with Gasteiger partial charge in [-0.1, -0.05) is 69.3 Å².